The summed E-state index contributed by atoms with van der Waals surface area (Å²) in [6.07, 6.45) is 0.106. The summed E-state index contributed by atoms with van der Waals surface area (Å²) in [6.45, 7) is 2.58. The summed E-state index contributed by atoms with van der Waals surface area (Å²) in [7, 11) is 0. The minimum atomic E-state index is -0.466. The van der Waals surface area contributed by atoms with Crippen molar-refractivity contribution in [3.63, 3.8) is 0 Å². The molecule has 0 spiro atoms. The van der Waals surface area contributed by atoms with Crippen LogP contribution in [0.25, 0.3) is 10.2 Å². The van der Waals surface area contributed by atoms with Gasteiger partial charge in [0.05, 0.1) is 23.2 Å². The monoisotopic (exact) mass is 384 g/mol. The average molecular weight is 384 g/mol. The molecule has 0 saturated carbocycles. The fourth-order valence-electron chi connectivity index (χ4n) is 2.53. The Kier molecular flexibility index (Phi) is 6.00. The highest BCUT2D eigenvalue weighted by molar-refractivity contribution is 7.22. The Balaban J connectivity index is 1.47. The van der Waals surface area contributed by atoms with E-state index in [2.05, 4.69) is 21.7 Å². The maximum atomic E-state index is 12.0. The smallest absolute Gasteiger partial charge is 0.247 e. The SMILES string of the molecule is Cc1ccc2nc(NCC(=O)NCc3ccc(CC(=O)NO)cc3)sc2c1. The lowest BCUT2D eigenvalue weighted by atomic mass is 10.1. The molecule has 0 aliphatic carbocycles. The largest absolute Gasteiger partial charge is 0.352 e. The van der Waals surface area contributed by atoms with Crippen molar-refractivity contribution in [1.82, 2.24) is 15.8 Å². The van der Waals surface area contributed by atoms with Crippen molar-refractivity contribution < 1.29 is 14.8 Å². The van der Waals surface area contributed by atoms with Crippen LogP contribution in [0, 0.1) is 6.92 Å². The van der Waals surface area contributed by atoms with E-state index in [4.69, 9.17) is 5.21 Å². The summed E-state index contributed by atoms with van der Waals surface area (Å²) < 4.78 is 1.09. The van der Waals surface area contributed by atoms with Gasteiger partial charge in [-0.15, -0.1) is 0 Å². The first kappa shape index (κ1) is 18.8. The first-order valence-corrected chi connectivity index (χ1v) is 9.23. The van der Waals surface area contributed by atoms with E-state index in [1.807, 2.05) is 31.2 Å². The molecule has 0 saturated heterocycles. The van der Waals surface area contributed by atoms with Gasteiger partial charge in [-0.25, -0.2) is 10.5 Å². The van der Waals surface area contributed by atoms with E-state index < -0.39 is 5.91 Å². The molecule has 0 fully saturated rings. The van der Waals surface area contributed by atoms with Gasteiger partial charge in [-0.05, 0) is 35.7 Å². The molecule has 27 heavy (non-hydrogen) atoms. The van der Waals surface area contributed by atoms with Gasteiger partial charge < -0.3 is 10.6 Å². The van der Waals surface area contributed by atoms with Crippen LogP contribution in [0.2, 0.25) is 0 Å². The van der Waals surface area contributed by atoms with Crippen LogP contribution in [0.15, 0.2) is 42.5 Å². The molecular weight excluding hydrogens is 364 g/mol. The second-order valence-electron chi connectivity index (χ2n) is 6.15. The molecule has 8 heteroatoms. The molecule has 2 aromatic carbocycles. The topological polar surface area (TPSA) is 103 Å². The summed E-state index contributed by atoms with van der Waals surface area (Å²) in [4.78, 5) is 27.6. The molecule has 0 atom stereocenters. The van der Waals surface area contributed by atoms with Gasteiger partial charge in [-0.3, -0.25) is 14.8 Å². The normalized spacial score (nSPS) is 10.6. The number of hydroxylamine groups is 1. The Labute approximate surface area is 160 Å². The Morgan fingerprint density at radius 2 is 1.81 bits per heavy atom. The quantitative estimate of drug-likeness (QED) is 0.370. The van der Waals surface area contributed by atoms with Crippen molar-refractivity contribution in [3.05, 3.63) is 59.2 Å². The second-order valence-corrected chi connectivity index (χ2v) is 7.18. The number of carbonyl (C=O) groups excluding carboxylic acids is 2. The van der Waals surface area contributed by atoms with Crippen molar-refractivity contribution >= 4 is 38.5 Å². The van der Waals surface area contributed by atoms with Crippen LogP contribution >= 0.6 is 11.3 Å². The highest BCUT2D eigenvalue weighted by atomic mass is 32.1. The lowest BCUT2D eigenvalue weighted by Crippen LogP contribution is -2.29. The number of aromatic nitrogens is 1. The van der Waals surface area contributed by atoms with Gasteiger partial charge in [0.1, 0.15) is 0 Å². The standard InChI is InChI=1S/C19H20N4O3S/c1-12-2-7-15-16(8-12)27-19(22-15)21-11-18(25)20-10-14-5-3-13(4-6-14)9-17(24)23-26/h2-8,26H,9-11H2,1H3,(H,20,25)(H,21,22)(H,23,24). The minimum Gasteiger partial charge on any atom is -0.352 e. The molecule has 0 radical (unpaired) electrons. The predicted octanol–water partition coefficient (Wildman–Crippen LogP) is 2.38. The summed E-state index contributed by atoms with van der Waals surface area (Å²) in [6, 6.07) is 13.3. The van der Waals surface area contributed by atoms with E-state index in [0.717, 1.165) is 26.5 Å². The zero-order valence-electron chi connectivity index (χ0n) is 14.8. The molecule has 7 nitrogen and oxygen atoms in total. The molecule has 2 amide bonds. The van der Waals surface area contributed by atoms with E-state index in [1.54, 1.807) is 17.6 Å². The van der Waals surface area contributed by atoms with Gasteiger partial charge in [0.2, 0.25) is 11.8 Å². The third-order valence-electron chi connectivity index (χ3n) is 3.95. The van der Waals surface area contributed by atoms with Crippen LogP contribution in [0.5, 0.6) is 0 Å². The van der Waals surface area contributed by atoms with Gasteiger partial charge >= 0.3 is 0 Å². The summed E-state index contributed by atoms with van der Waals surface area (Å²) >= 11 is 1.52. The maximum absolute atomic E-state index is 12.0. The average Bonchev–Trinajstić information content (AvgIpc) is 3.07. The summed E-state index contributed by atoms with van der Waals surface area (Å²) in [5.74, 6) is -0.596. The molecule has 3 aromatic rings. The lowest BCUT2D eigenvalue weighted by Gasteiger charge is -2.07. The second kappa shape index (κ2) is 8.61. The fraction of sp³-hybridized carbons (Fsp3) is 0.211. The van der Waals surface area contributed by atoms with E-state index in [0.29, 0.717) is 6.54 Å². The molecule has 0 bridgehead atoms. The molecule has 1 aromatic heterocycles. The Hall–Kier alpha value is -2.97. The Morgan fingerprint density at radius 3 is 2.56 bits per heavy atom. The number of benzene rings is 2. The van der Waals surface area contributed by atoms with Crippen LogP contribution in [0.3, 0.4) is 0 Å². The van der Waals surface area contributed by atoms with Crippen LogP contribution in [-0.2, 0) is 22.6 Å². The third kappa shape index (κ3) is 5.25. The molecule has 0 aliphatic rings. The van der Waals surface area contributed by atoms with Gasteiger partial charge in [-0.1, -0.05) is 41.7 Å². The Morgan fingerprint density at radius 1 is 1.07 bits per heavy atom. The van der Waals surface area contributed by atoms with E-state index in [1.165, 1.54) is 16.9 Å². The molecule has 0 unspecified atom stereocenters. The van der Waals surface area contributed by atoms with E-state index in [-0.39, 0.29) is 18.9 Å². The molecule has 1 heterocycles. The minimum absolute atomic E-state index is 0.106. The van der Waals surface area contributed by atoms with Crippen LogP contribution in [0.4, 0.5) is 5.13 Å². The van der Waals surface area contributed by atoms with E-state index >= 15 is 0 Å². The summed E-state index contributed by atoms with van der Waals surface area (Å²) in [5.41, 5.74) is 5.40. The number of amides is 2. The van der Waals surface area contributed by atoms with Gasteiger partial charge in [0, 0.05) is 6.54 Å². The van der Waals surface area contributed by atoms with Gasteiger partial charge in [0.15, 0.2) is 5.13 Å². The lowest BCUT2D eigenvalue weighted by molar-refractivity contribution is -0.128. The van der Waals surface area contributed by atoms with Crippen LogP contribution in [-0.4, -0.2) is 28.6 Å². The van der Waals surface area contributed by atoms with Crippen molar-refractivity contribution in [1.29, 1.82) is 0 Å². The number of anilines is 1. The molecular formula is C19H20N4O3S. The molecule has 140 valence electrons. The van der Waals surface area contributed by atoms with E-state index in [9.17, 15) is 9.59 Å². The Bertz CT molecular complexity index is 953. The molecule has 4 N–H and O–H groups in total. The zero-order valence-corrected chi connectivity index (χ0v) is 15.6. The van der Waals surface area contributed by atoms with Gasteiger partial charge in [0.25, 0.3) is 0 Å². The van der Waals surface area contributed by atoms with Crippen molar-refractivity contribution in [2.24, 2.45) is 0 Å². The highest BCUT2D eigenvalue weighted by Gasteiger charge is 2.07. The van der Waals surface area contributed by atoms with Crippen LogP contribution < -0.4 is 16.1 Å². The highest BCUT2D eigenvalue weighted by Crippen LogP contribution is 2.26. The third-order valence-corrected chi connectivity index (χ3v) is 4.92. The number of hydrogen-bond acceptors (Lipinski definition) is 6. The number of aryl methyl sites for hydroxylation is 1. The maximum Gasteiger partial charge on any atom is 0.247 e. The first-order chi connectivity index (χ1) is 13.0. The number of nitrogens with one attached hydrogen (secondary N) is 3. The van der Waals surface area contributed by atoms with Crippen molar-refractivity contribution in [2.75, 3.05) is 11.9 Å². The van der Waals surface area contributed by atoms with Crippen molar-refractivity contribution in [2.45, 2.75) is 19.9 Å². The predicted molar refractivity (Wildman–Crippen MR) is 105 cm³/mol. The van der Waals surface area contributed by atoms with Crippen molar-refractivity contribution in [3.8, 4) is 0 Å². The number of nitrogens with zero attached hydrogens (tertiary/aromatic N) is 1. The number of fused-ring (bicyclic) bond motifs is 1. The number of carbonyl (C=O) groups is 2. The zero-order chi connectivity index (χ0) is 19.2. The fourth-order valence-corrected chi connectivity index (χ4v) is 3.49. The first-order valence-electron chi connectivity index (χ1n) is 8.42. The number of rotatable bonds is 7. The summed E-state index contributed by atoms with van der Waals surface area (Å²) in [5, 5.41) is 15.1. The van der Waals surface area contributed by atoms with Gasteiger partial charge in [-0.2, -0.15) is 0 Å². The molecule has 3 rings (SSSR count). The number of hydrogen-bond donors (Lipinski definition) is 4. The molecule has 0 aliphatic heterocycles. The van der Waals surface area contributed by atoms with Crippen LogP contribution in [0.1, 0.15) is 16.7 Å². The number of thiazole rings is 1.